The summed E-state index contributed by atoms with van der Waals surface area (Å²) in [5, 5.41) is 0.684. The first-order chi connectivity index (χ1) is 12.6. The minimum absolute atomic E-state index is 0.0684. The summed E-state index contributed by atoms with van der Waals surface area (Å²) >= 11 is 6.49. The Kier molecular flexibility index (Phi) is 5.13. The lowest BCUT2D eigenvalue weighted by Gasteiger charge is -2.46. The Morgan fingerprint density at radius 2 is 1.85 bits per heavy atom. The summed E-state index contributed by atoms with van der Waals surface area (Å²) in [5.41, 5.74) is 1.67. The molecule has 3 aliphatic heterocycles. The number of hydrogen-bond acceptors (Lipinski definition) is 4. The fourth-order valence-corrected chi connectivity index (χ4v) is 4.79. The maximum Gasteiger partial charge on any atom is 0.253 e. The van der Waals surface area contributed by atoms with Gasteiger partial charge in [-0.05, 0) is 50.9 Å². The molecule has 3 aliphatic rings. The molecule has 1 aromatic carbocycles. The van der Waals surface area contributed by atoms with E-state index in [-0.39, 0.29) is 11.5 Å². The number of benzene rings is 1. The van der Waals surface area contributed by atoms with Gasteiger partial charge in [0.2, 0.25) is 0 Å². The van der Waals surface area contributed by atoms with Gasteiger partial charge in [-0.15, -0.1) is 0 Å². The van der Waals surface area contributed by atoms with Gasteiger partial charge in [0.15, 0.2) is 0 Å². The largest absolute Gasteiger partial charge is 0.372 e. The summed E-state index contributed by atoms with van der Waals surface area (Å²) in [6.07, 6.45) is 4.24. The Labute approximate surface area is 160 Å². The number of hydrogen-bond donors (Lipinski definition) is 0. The summed E-state index contributed by atoms with van der Waals surface area (Å²) in [6, 6.07) is 5.77. The number of ether oxygens (including phenoxy) is 1. The van der Waals surface area contributed by atoms with E-state index in [1.807, 2.05) is 23.1 Å². The first-order valence-corrected chi connectivity index (χ1v) is 10.1. The molecule has 6 heteroatoms. The number of morpholine rings is 1. The molecule has 0 unspecified atom stereocenters. The van der Waals surface area contributed by atoms with Gasteiger partial charge in [-0.1, -0.05) is 11.6 Å². The number of anilines is 1. The van der Waals surface area contributed by atoms with Crippen LogP contribution in [-0.4, -0.2) is 74.2 Å². The van der Waals surface area contributed by atoms with Crippen LogP contribution in [0.5, 0.6) is 0 Å². The SMILES string of the molecule is CN1CCOC2(CCN(C(=O)c3ccc(N4CCCC4)c(Cl)c3)CC2)C1. The number of piperidine rings is 1. The molecule has 1 aromatic rings. The van der Waals surface area contributed by atoms with Crippen molar-refractivity contribution in [1.29, 1.82) is 0 Å². The summed E-state index contributed by atoms with van der Waals surface area (Å²) in [4.78, 5) is 19.5. The molecule has 0 saturated carbocycles. The highest BCUT2D eigenvalue weighted by atomic mass is 35.5. The van der Waals surface area contributed by atoms with Crippen LogP contribution >= 0.6 is 11.6 Å². The van der Waals surface area contributed by atoms with Crippen molar-refractivity contribution in [2.75, 3.05) is 57.8 Å². The molecule has 3 heterocycles. The van der Waals surface area contributed by atoms with Gasteiger partial charge in [-0.2, -0.15) is 0 Å². The second kappa shape index (κ2) is 7.37. The van der Waals surface area contributed by atoms with E-state index in [1.165, 1.54) is 12.8 Å². The van der Waals surface area contributed by atoms with E-state index >= 15 is 0 Å². The van der Waals surface area contributed by atoms with Gasteiger partial charge in [-0.3, -0.25) is 4.79 Å². The quantitative estimate of drug-likeness (QED) is 0.794. The average molecular weight is 378 g/mol. The number of carbonyl (C=O) groups is 1. The third-order valence-electron chi connectivity index (χ3n) is 6.04. The second-order valence-corrected chi connectivity index (χ2v) is 8.33. The zero-order valence-electron chi connectivity index (χ0n) is 15.5. The molecule has 5 nitrogen and oxygen atoms in total. The van der Waals surface area contributed by atoms with E-state index in [0.29, 0.717) is 10.6 Å². The number of likely N-dealkylation sites (N-methyl/N-ethyl adjacent to an activating group) is 1. The topological polar surface area (TPSA) is 36.0 Å². The number of likely N-dealkylation sites (tertiary alicyclic amines) is 1. The van der Waals surface area contributed by atoms with E-state index in [0.717, 1.165) is 64.4 Å². The fraction of sp³-hybridized carbons (Fsp3) is 0.650. The summed E-state index contributed by atoms with van der Waals surface area (Å²) < 4.78 is 6.10. The van der Waals surface area contributed by atoms with Gasteiger partial charge in [0.25, 0.3) is 5.91 Å². The normalized spacial score (nSPS) is 23.6. The summed E-state index contributed by atoms with van der Waals surface area (Å²) in [7, 11) is 2.14. The smallest absolute Gasteiger partial charge is 0.253 e. The van der Waals surface area contributed by atoms with Crippen LogP contribution in [0.1, 0.15) is 36.0 Å². The Morgan fingerprint density at radius 3 is 2.50 bits per heavy atom. The molecule has 1 amide bonds. The first-order valence-electron chi connectivity index (χ1n) is 9.73. The third kappa shape index (κ3) is 3.57. The third-order valence-corrected chi connectivity index (χ3v) is 6.35. The Hall–Kier alpha value is -1.30. The molecule has 0 bridgehead atoms. The van der Waals surface area contributed by atoms with Crippen LogP contribution in [0, 0.1) is 0 Å². The van der Waals surface area contributed by atoms with Crippen molar-refractivity contribution in [3.05, 3.63) is 28.8 Å². The van der Waals surface area contributed by atoms with Gasteiger partial charge in [-0.25, -0.2) is 0 Å². The van der Waals surface area contributed by atoms with Crippen LogP contribution in [0.15, 0.2) is 18.2 Å². The maximum atomic E-state index is 12.9. The minimum Gasteiger partial charge on any atom is -0.372 e. The van der Waals surface area contributed by atoms with E-state index < -0.39 is 0 Å². The number of nitrogens with zero attached hydrogens (tertiary/aromatic N) is 3. The van der Waals surface area contributed by atoms with Gasteiger partial charge < -0.3 is 19.4 Å². The van der Waals surface area contributed by atoms with Crippen molar-refractivity contribution < 1.29 is 9.53 Å². The highest BCUT2D eigenvalue weighted by Crippen LogP contribution is 2.32. The van der Waals surface area contributed by atoms with Gasteiger partial charge in [0.05, 0.1) is 22.9 Å². The van der Waals surface area contributed by atoms with Gasteiger partial charge >= 0.3 is 0 Å². The molecule has 0 aromatic heterocycles. The van der Waals surface area contributed by atoms with E-state index in [1.54, 1.807) is 0 Å². The van der Waals surface area contributed by atoms with Crippen molar-refractivity contribution in [1.82, 2.24) is 9.80 Å². The Bertz CT molecular complexity index is 667. The molecule has 1 spiro atoms. The molecule has 142 valence electrons. The van der Waals surface area contributed by atoms with E-state index in [9.17, 15) is 4.79 Å². The molecular formula is C20H28ClN3O2. The number of carbonyl (C=O) groups excluding carboxylic acids is 1. The summed E-state index contributed by atoms with van der Waals surface area (Å²) in [6.45, 7) is 6.34. The number of amides is 1. The molecule has 0 aliphatic carbocycles. The predicted octanol–water partition coefficient (Wildman–Crippen LogP) is 2.88. The van der Waals surface area contributed by atoms with Crippen molar-refractivity contribution in [3.8, 4) is 0 Å². The maximum absolute atomic E-state index is 12.9. The van der Waals surface area contributed by atoms with Crippen molar-refractivity contribution >= 4 is 23.2 Å². The zero-order valence-corrected chi connectivity index (χ0v) is 16.3. The van der Waals surface area contributed by atoms with Crippen LogP contribution in [0.4, 0.5) is 5.69 Å². The van der Waals surface area contributed by atoms with Crippen LogP contribution in [0.2, 0.25) is 5.02 Å². The van der Waals surface area contributed by atoms with Crippen LogP contribution in [0.3, 0.4) is 0 Å². The molecule has 3 fully saturated rings. The van der Waals surface area contributed by atoms with E-state index in [4.69, 9.17) is 16.3 Å². The highest BCUT2D eigenvalue weighted by molar-refractivity contribution is 6.33. The van der Waals surface area contributed by atoms with E-state index in [2.05, 4.69) is 16.8 Å². The minimum atomic E-state index is -0.0684. The Morgan fingerprint density at radius 1 is 1.12 bits per heavy atom. The first kappa shape index (κ1) is 18.1. The molecule has 26 heavy (non-hydrogen) atoms. The second-order valence-electron chi connectivity index (χ2n) is 7.92. The van der Waals surface area contributed by atoms with Crippen molar-refractivity contribution in [2.24, 2.45) is 0 Å². The fourth-order valence-electron chi connectivity index (χ4n) is 4.49. The molecular weight excluding hydrogens is 350 g/mol. The van der Waals surface area contributed by atoms with Crippen LogP contribution < -0.4 is 4.90 Å². The molecule has 0 atom stereocenters. The van der Waals surface area contributed by atoms with Crippen molar-refractivity contribution in [2.45, 2.75) is 31.3 Å². The van der Waals surface area contributed by atoms with Gasteiger partial charge in [0, 0.05) is 44.8 Å². The van der Waals surface area contributed by atoms with Crippen LogP contribution in [0.25, 0.3) is 0 Å². The number of halogens is 1. The standard InChI is InChI=1S/C20H28ClN3O2/c1-22-12-13-26-20(15-22)6-10-24(11-7-20)19(25)16-4-5-18(17(21)14-16)23-8-2-3-9-23/h4-5,14H,2-3,6-13,15H2,1H3. The lowest BCUT2D eigenvalue weighted by molar-refractivity contribution is -0.127. The zero-order chi connectivity index (χ0) is 18.1. The monoisotopic (exact) mass is 377 g/mol. The highest BCUT2D eigenvalue weighted by Gasteiger charge is 2.39. The summed E-state index contributed by atoms with van der Waals surface area (Å²) in [5.74, 6) is 0.0823. The predicted molar refractivity (Wildman–Crippen MR) is 104 cm³/mol. The Balaban J connectivity index is 1.41. The molecule has 4 rings (SSSR count). The molecule has 0 N–H and O–H groups in total. The van der Waals surface area contributed by atoms with Gasteiger partial charge in [0.1, 0.15) is 0 Å². The van der Waals surface area contributed by atoms with Crippen molar-refractivity contribution in [3.63, 3.8) is 0 Å². The number of rotatable bonds is 2. The molecule has 3 saturated heterocycles. The molecule has 0 radical (unpaired) electrons. The lowest BCUT2D eigenvalue weighted by Crippen LogP contribution is -2.56. The van der Waals surface area contributed by atoms with Crippen LogP contribution in [-0.2, 0) is 4.74 Å². The average Bonchev–Trinajstić information content (AvgIpc) is 3.16. The lowest BCUT2D eigenvalue weighted by atomic mass is 9.89.